The van der Waals surface area contributed by atoms with E-state index in [1.807, 2.05) is 43.5 Å². The van der Waals surface area contributed by atoms with Gasteiger partial charge in [0.2, 0.25) is 0 Å². The van der Waals surface area contributed by atoms with Crippen molar-refractivity contribution in [1.29, 1.82) is 0 Å². The van der Waals surface area contributed by atoms with E-state index >= 15 is 0 Å². The highest BCUT2D eigenvalue weighted by molar-refractivity contribution is 7.13. The zero-order valence-corrected chi connectivity index (χ0v) is 16.1. The zero-order chi connectivity index (χ0) is 19.1. The van der Waals surface area contributed by atoms with Gasteiger partial charge in [-0.1, -0.05) is 19.1 Å². The standard InChI is InChI=1S/C18H21N5O3S/c1-3-9-23-16(20-21-22-23)11-26-17(24)10-13-12-27-18(19-13)14-7-5-6-8-15(14)25-4-2/h5-8,12H,3-4,9-11H2,1-2H3. The summed E-state index contributed by atoms with van der Waals surface area (Å²) in [5.74, 6) is 0.956. The second-order valence-corrected chi connectivity index (χ2v) is 6.59. The first kappa shape index (κ1) is 19.0. The quantitative estimate of drug-likeness (QED) is 0.521. The van der Waals surface area contributed by atoms with Crippen molar-refractivity contribution in [1.82, 2.24) is 25.2 Å². The van der Waals surface area contributed by atoms with Gasteiger partial charge in [-0.25, -0.2) is 9.67 Å². The molecule has 0 atom stereocenters. The summed E-state index contributed by atoms with van der Waals surface area (Å²) >= 11 is 1.47. The molecule has 0 fully saturated rings. The lowest BCUT2D eigenvalue weighted by atomic mass is 10.2. The van der Waals surface area contributed by atoms with Gasteiger partial charge in [-0.2, -0.15) is 0 Å². The smallest absolute Gasteiger partial charge is 0.312 e. The number of benzene rings is 1. The minimum Gasteiger partial charge on any atom is -0.493 e. The summed E-state index contributed by atoms with van der Waals surface area (Å²) in [6.07, 6.45) is 0.999. The summed E-state index contributed by atoms with van der Waals surface area (Å²) in [4.78, 5) is 16.7. The number of esters is 1. The number of tetrazole rings is 1. The summed E-state index contributed by atoms with van der Waals surface area (Å²) in [5.41, 5.74) is 1.59. The van der Waals surface area contributed by atoms with Crippen molar-refractivity contribution in [3.63, 3.8) is 0 Å². The van der Waals surface area contributed by atoms with Crippen LogP contribution in [0.15, 0.2) is 29.6 Å². The number of ether oxygens (including phenoxy) is 2. The first-order valence-corrected chi connectivity index (χ1v) is 9.66. The number of thiazole rings is 1. The molecule has 0 aliphatic rings. The Balaban J connectivity index is 1.60. The van der Waals surface area contributed by atoms with Crippen LogP contribution in [0.3, 0.4) is 0 Å². The summed E-state index contributed by atoms with van der Waals surface area (Å²) < 4.78 is 12.6. The molecule has 0 bridgehead atoms. The molecule has 0 spiro atoms. The van der Waals surface area contributed by atoms with Gasteiger partial charge in [0.1, 0.15) is 10.8 Å². The molecule has 0 amide bonds. The van der Waals surface area contributed by atoms with E-state index in [-0.39, 0.29) is 19.0 Å². The molecule has 0 unspecified atom stereocenters. The number of rotatable bonds is 9. The van der Waals surface area contributed by atoms with Gasteiger partial charge in [0.05, 0.1) is 24.3 Å². The molecule has 1 aromatic carbocycles. The molecule has 0 aliphatic carbocycles. The average Bonchev–Trinajstić information content (AvgIpc) is 3.31. The number of carbonyl (C=O) groups excluding carboxylic acids is 1. The third-order valence-electron chi connectivity index (χ3n) is 3.70. The molecular weight excluding hydrogens is 366 g/mol. The largest absolute Gasteiger partial charge is 0.493 e. The van der Waals surface area contributed by atoms with E-state index in [0.717, 1.165) is 22.7 Å². The van der Waals surface area contributed by atoms with Crippen molar-refractivity contribution in [2.24, 2.45) is 0 Å². The van der Waals surface area contributed by atoms with E-state index in [9.17, 15) is 4.79 Å². The Morgan fingerprint density at radius 1 is 1.26 bits per heavy atom. The van der Waals surface area contributed by atoms with Gasteiger partial charge < -0.3 is 9.47 Å². The highest BCUT2D eigenvalue weighted by Gasteiger charge is 2.14. The van der Waals surface area contributed by atoms with Gasteiger partial charge in [0.15, 0.2) is 12.4 Å². The molecule has 0 N–H and O–H groups in total. The summed E-state index contributed by atoms with van der Waals surface area (Å²) in [6, 6.07) is 7.73. The van der Waals surface area contributed by atoms with Gasteiger partial charge in [-0.3, -0.25) is 4.79 Å². The summed E-state index contributed by atoms with van der Waals surface area (Å²) in [5, 5.41) is 14.0. The fourth-order valence-corrected chi connectivity index (χ4v) is 3.34. The first-order valence-electron chi connectivity index (χ1n) is 8.78. The predicted octanol–water partition coefficient (Wildman–Crippen LogP) is 2.89. The Kier molecular flexibility index (Phi) is 6.48. The molecule has 0 radical (unpaired) electrons. The number of hydrogen-bond acceptors (Lipinski definition) is 8. The normalized spacial score (nSPS) is 10.7. The summed E-state index contributed by atoms with van der Waals surface area (Å²) in [7, 11) is 0. The van der Waals surface area contributed by atoms with Crippen LogP contribution < -0.4 is 4.74 Å². The third-order valence-corrected chi connectivity index (χ3v) is 4.62. The Morgan fingerprint density at radius 3 is 2.93 bits per heavy atom. The Bertz CT molecular complexity index is 893. The van der Waals surface area contributed by atoms with E-state index in [0.29, 0.717) is 24.7 Å². The van der Waals surface area contributed by atoms with E-state index in [1.165, 1.54) is 11.3 Å². The van der Waals surface area contributed by atoms with Gasteiger partial charge in [-0.05, 0) is 35.9 Å². The predicted molar refractivity (Wildman–Crippen MR) is 100 cm³/mol. The van der Waals surface area contributed by atoms with Crippen LogP contribution >= 0.6 is 11.3 Å². The molecule has 9 heteroatoms. The van der Waals surface area contributed by atoms with Crippen LogP contribution in [-0.2, 0) is 29.1 Å². The SMILES string of the molecule is CCCn1nnnc1COC(=O)Cc1csc(-c2ccccc2OCC)n1. The second kappa shape index (κ2) is 9.22. The number of nitrogens with zero attached hydrogens (tertiary/aromatic N) is 5. The van der Waals surface area contributed by atoms with Crippen LogP contribution in [0.25, 0.3) is 10.6 Å². The molecular formula is C18H21N5O3S. The third kappa shape index (κ3) is 4.88. The second-order valence-electron chi connectivity index (χ2n) is 5.73. The lowest BCUT2D eigenvalue weighted by Crippen LogP contribution is -2.12. The minimum absolute atomic E-state index is 0.0516. The van der Waals surface area contributed by atoms with Crippen LogP contribution in [0.2, 0.25) is 0 Å². The lowest BCUT2D eigenvalue weighted by molar-refractivity contribution is -0.144. The number of carbonyl (C=O) groups is 1. The minimum atomic E-state index is -0.365. The fraction of sp³-hybridized carbons (Fsp3) is 0.389. The van der Waals surface area contributed by atoms with Crippen LogP contribution in [0.4, 0.5) is 0 Å². The Labute approximate surface area is 161 Å². The van der Waals surface area contributed by atoms with E-state index in [2.05, 4.69) is 20.5 Å². The molecule has 0 saturated carbocycles. The molecule has 3 aromatic rings. The number of aromatic nitrogens is 5. The molecule has 2 heterocycles. The highest BCUT2D eigenvalue weighted by atomic mass is 32.1. The maximum Gasteiger partial charge on any atom is 0.312 e. The fourth-order valence-electron chi connectivity index (χ4n) is 2.49. The van der Waals surface area contributed by atoms with E-state index in [1.54, 1.807) is 4.68 Å². The molecule has 27 heavy (non-hydrogen) atoms. The maximum absolute atomic E-state index is 12.1. The molecule has 0 aliphatic heterocycles. The number of para-hydroxylation sites is 1. The molecule has 3 rings (SSSR count). The summed E-state index contributed by atoms with van der Waals surface area (Å²) in [6.45, 7) is 5.29. The van der Waals surface area contributed by atoms with Gasteiger partial charge >= 0.3 is 5.97 Å². The zero-order valence-electron chi connectivity index (χ0n) is 15.3. The van der Waals surface area contributed by atoms with Crippen molar-refractivity contribution >= 4 is 17.3 Å². The molecule has 142 valence electrons. The van der Waals surface area contributed by atoms with Gasteiger partial charge in [0, 0.05) is 11.9 Å². The van der Waals surface area contributed by atoms with Crippen molar-refractivity contribution in [2.45, 2.75) is 39.8 Å². The Hall–Kier alpha value is -2.81. The van der Waals surface area contributed by atoms with Crippen LogP contribution in [0, 0.1) is 0 Å². The van der Waals surface area contributed by atoms with Crippen molar-refractivity contribution in [3.05, 3.63) is 41.2 Å². The van der Waals surface area contributed by atoms with Crippen molar-refractivity contribution in [2.75, 3.05) is 6.61 Å². The highest BCUT2D eigenvalue weighted by Crippen LogP contribution is 2.32. The molecule has 0 saturated heterocycles. The van der Waals surface area contributed by atoms with Crippen molar-refractivity contribution < 1.29 is 14.3 Å². The first-order chi connectivity index (χ1) is 13.2. The monoisotopic (exact) mass is 387 g/mol. The van der Waals surface area contributed by atoms with Crippen LogP contribution in [-0.4, -0.2) is 37.8 Å². The number of hydrogen-bond donors (Lipinski definition) is 0. The number of aryl methyl sites for hydroxylation is 1. The van der Waals surface area contributed by atoms with Crippen LogP contribution in [0.5, 0.6) is 5.75 Å². The van der Waals surface area contributed by atoms with Gasteiger partial charge in [0.25, 0.3) is 0 Å². The lowest BCUT2D eigenvalue weighted by Gasteiger charge is -2.07. The van der Waals surface area contributed by atoms with Crippen molar-refractivity contribution in [3.8, 4) is 16.3 Å². The van der Waals surface area contributed by atoms with E-state index in [4.69, 9.17) is 9.47 Å². The maximum atomic E-state index is 12.1. The molecule has 2 aromatic heterocycles. The Morgan fingerprint density at radius 2 is 2.11 bits per heavy atom. The van der Waals surface area contributed by atoms with Gasteiger partial charge in [-0.15, -0.1) is 16.4 Å². The van der Waals surface area contributed by atoms with Crippen LogP contribution in [0.1, 0.15) is 31.8 Å². The topological polar surface area (TPSA) is 92.0 Å². The molecule has 8 nitrogen and oxygen atoms in total. The average molecular weight is 387 g/mol. The van der Waals surface area contributed by atoms with E-state index < -0.39 is 0 Å².